The lowest BCUT2D eigenvalue weighted by Gasteiger charge is -2.01. The number of hydrogen-bond acceptors (Lipinski definition) is 1. The van der Waals surface area contributed by atoms with E-state index >= 15 is 0 Å². The summed E-state index contributed by atoms with van der Waals surface area (Å²) in [5.74, 6) is 7.29. The SMILES string of the molecule is CCCCCCC#CCCOc1ccccc1. The van der Waals surface area contributed by atoms with E-state index in [9.17, 15) is 0 Å². The summed E-state index contributed by atoms with van der Waals surface area (Å²) < 4.78 is 5.55. The Kier molecular flexibility index (Phi) is 7.85. The number of unbranched alkanes of at least 4 members (excludes halogenated alkanes) is 4. The van der Waals surface area contributed by atoms with Crippen molar-refractivity contribution in [3.8, 4) is 17.6 Å². The first-order chi connectivity index (χ1) is 8.43. The number of benzene rings is 1. The fourth-order valence-electron chi connectivity index (χ4n) is 1.55. The van der Waals surface area contributed by atoms with E-state index < -0.39 is 0 Å². The van der Waals surface area contributed by atoms with Crippen LogP contribution < -0.4 is 4.74 Å². The van der Waals surface area contributed by atoms with Crippen molar-refractivity contribution in [1.82, 2.24) is 0 Å². The number of para-hydroxylation sites is 1. The van der Waals surface area contributed by atoms with E-state index in [4.69, 9.17) is 4.74 Å². The maximum atomic E-state index is 5.55. The van der Waals surface area contributed by atoms with Gasteiger partial charge in [0.1, 0.15) is 5.75 Å². The Hall–Kier alpha value is -1.42. The Morgan fingerprint density at radius 3 is 2.47 bits per heavy atom. The Morgan fingerprint density at radius 1 is 0.941 bits per heavy atom. The van der Waals surface area contributed by atoms with Crippen molar-refractivity contribution < 1.29 is 4.74 Å². The molecule has 1 rings (SSSR count). The summed E-state index contributed by atoms with van der Waals surface area (Å²) >= 11 is 0. The van der Waals surface area contributed by atoms with Crippen LogP contribution in [-0.4, -0.2) is 6.61 Å². The minimum atomic E-state index is 0.686. The van der Waals surface area contributed by atoms with Crippen LogP contribution in [0.2, 0.25) is 0 Å². The van der Waals surface area contributed by atoms with E-state index in [2.05, 4.69) is 18.8 Å². The van der Waals surface area contributed by atoms with Gasteiger partial charge in [-0.3, -0.25) is 0 Å². The highest BCUT2D eigenvalue weighted by Gasteiger charge is 1.88. The fourth-order valence-corrected chi connectivity index (χ4v) is 1.55. The first-order valence-electron chi connectivity index (χ1n) is 6.57. The molecule has 0 aliphatic heterocycles. The van der Waals surface area contributed by atoms with Crippen LogP contribution >= 0.6 is 0 Å². The largest absolute Gasteiger partial charge is 0.493 e. The summed E-state index contributed by atoms with van der Waals surface area (Å²) in [6.45, 7) is 2.92. The highest BCUT2D eigenvalue weighted by molar-refractivity contribution is 5.20. The summed E-state index contributed by atoms with van der Waals surface area (Å²) in [6, 6.07) is 9.89. The minimum Gasteiger partial charge on any atom is -0.493 e. The molecule has 0 unspecified atom stereocenters. The fraction of sp³-hybridized carbons (Fsp3) is 0.500. The molecule has 0 aliphatic carbocycles. The van der Waals surface area contributed by atoms with Crippen LogP contribution in [0.1, 0.15) is 45.4 Å². The standard InChI is InChI=1S/C16H22O/c1-2-3-4-5-6-7-8-12-15-17-16-13-10-9-11-14-16/h9-11,13-14H,2-6,12,15H2,1H3. The van der Waals surface area contributed by atoms with Gasteiger partial charge in [0.15, 0.2) is 0 Å². The van der Waals surface area contributed by atoms with Gasteiger partial charge < -0.3 is 4.74 Å². The van der Waals surface area contributed by atoms with Crippen LogP contribution in [0.25, 0.3) is 0 Å². The average Bonchev–Trinajstić information content (AvgIpc) is 2.38. The molecule has 0 spiro atoms. The van der Waals surface area contributed by atoms with Crippen LogP contribution in [0.4, 0.5) is 0 Å². The van der Waals surface area contributed by atoms with Gasteiger partial charge in [-0.25, -0.2) is 0 Å². The maximum Gasteiger partial charge on any atom is 0.119 e. The molecule has 0 radical (unpaired) electrons. The average molecular weight is 230 g/mol. The Labute approximate surface area is 105 Å². The first kappa shape index (κ1) is 13.6. The molecule has 1 nitrogen and oxygen atoms in total. The van der Waals surface area contributed by atoms with Crippen molar-refractivity contribution in [1.29, 1.82) is 0 Å². The highest BCUT2D eigenvalue weighted by atomic mass is 16.5. The smallest absolute Gasteiger partial charge is 0.119 e. The zero-order valence-corrected chi connectivity index (χ0v) is 10.7. The number of rotatable bonds is 7. The molecule has 1 aromatic carbocycles. The van der Waals surface area contributed by atoms with Crippen molar-refractivity contribution in [2.45, 2.75) is 45.4 Å². The van der Waals surface area contributed by atoms with Crippen LogP contribution in [0.5, 0.6) is 5.75 Å². The molecule has 17 heavy (non-hydrogen) atoms. The molecular formula is C16H22O. The van der Waals surface area contributed by atoms with Crippen LogP contribution in [0.15, 0.2) is 30.3 Å². The topological polar surface area (TPSA) is 9.23 Å². The Morgan fingerprint density at radius 2 is 1.71 bits per heavy atom. The molecule has 1 heteroatoms. The molecule has 0 atom stereocenters. The highest BCUT2D eigenvalue weighted by Crippen LogP contribution is 2.08. The minimum absolute atomic E-state index is 0.686. The third-order valence-electron chi connectivity index (χ3n) is 2.52. The van der Waals surface area contributed by atoms with Crippen LogP contribution in [-0.2, 0) is 0 Å². The number of ether oxygens (including phenoxy) is 1. The monoisotopic (exact) mass is 230 g/mol. The lowest BCUT2D eigenvalue weighted by molar-refractivity contribution is 0.327. The molecular weight excluding hydrogens is 208 g/mol. The van der Waals surface area contributed by atoms with Gasteiger partial charge in [0.2, 0.25) is 0 Å². The van der Waals surface area contributed by atoms with Gasteiger partial charge in [-0.15, -0.1) is 5.92 Å². The van der Waals surface area contributed by atoms with Crippen molar-refractivity contribution in [3.05, 3.63) is 30.3 Å². The second kappa shape index (κ2) is 9.78. The van der Waals surface area contributed by atoms with E-state index in [1.54, 1.807) is 0 Å². The third-order valence-corrected chi connectivity index (χ3v) is 2.52. The summed E-state index contributed by atoms with van der Waals surface area (Å²) in [5.41, 5.74) is 0. The lowest BCUT2D eigenvalue weighted by Crippen LogP contribution is -1.95. The van der Waals surface area contributed by atoms with Gasteiger partial charge in [-0.2, -0.15) is 0 Å². The lowest BCUT2D eigenvalue weighted by atomic mass is 10.1. The Balaban J connectivity index is 1.99. The van der Waals surface area contributed by atoms with Crippen LogP contribution in [0, 0.1) is 11.8 Å². The molecule has 0 saturated heterocycles. The summed E-state index contributed by atoms with van der Waals surface area (Å²) in [7, 11) is 0. The quantitative estimate of drug-likeness (QED) is 0.497. The van der Waals surface area contributed by atoms with Crippen molar-refractivity contribution in [2.24, 2.45) is 0 Å². The number of hydrogen-bond donors (Lipinski definition) is 0. The molecule has 1 aromatic rings. The normalized spacial score (nSPS) is 9.47. The molecule has 0 heterocycles. The van der Waals surface area contributed by atoms with E-state index in [0.717, 1.165) is 18.6 Å². The third kappa shape index (κ3) is 7.47. The second-order valence-corrected chi connectivity index (χ2v) is 4.08. The van der Waals surface area contributed by atoms with E-state index in [1.165, 1.54) is 25.7 Å². The van der Waals surface area contributed by atoms with Crippen LogP contribution in [0.3, 0.4) is 0 Å². The van der Waals surface area contributed by atoms with Gasteiger partial charge in [0, 0.05) is 12.8 Å². The summed E-state index contributed by atoms with van der Waals surface area (Å²) in [4.78, 5) is 0. The predicted octanol–water partition coefficient (Wildman–Crippen LogP) is 4.43. The zero-order valence-electron chi connectivity index (χ0n) is 10.7. The van der Waals surface area contributed by atoms with Gasteiger partial charge in [0.25, 0.3) is 0 Å². The first-order valence-corrected chi connectivity index (χ1v) is 6.57. The molecule has 0 N–H and O–H groups in total. The van der Waals surface area contributed by atoms with E-state index in [0.29, 0.717) is 6.61 Å². The van der Waals surface area contributed by atoms with Gasteiger partial charge >= 0.3 is 0 Å². The molecule has 0 saturated carbocycles. The molecule has 0 fully saturated rings. The zero-order chi connectivity index (χ0) is 12.2. The molecule has 92 valence electrons. The van der Waals surface area contributed by atoms with Crippen molar-refractivity contribution in [3.63, 3.8) is 0 Å². The molecule has 0 amide bonds. The maximum absolute atomic E-state index is 5.55. The van der Waals surface area contributed by atoms with Gasteiger partial charge in [0.05, 0.1) is 6.61 Å². The summed E-state index contributed by atoms with van der Waals surface area (Å²) in [5, 5.41) is 0. The van der Waals surface area contributed by atoms with Gasteiger partial charge in [-0.1, -0.05) is 50.3 Å². The summed E-state index contributed by atoms with van der Waals surface area (Å²) in [6.07, 6.45) is 7.03. The van der Waals surface area contributed by atoms with Crippen molar-refractivity contribution in [2.75, 3.05) is 6.61 Å². The Bertz CT molecular complexity index is 332. The van der Waals surface area contributed by atoms with E-state index in [-0.39, 0.29) is 0 Å². The van der Waals surface area contributed by atoms with Crippen molar-refractivity contribution >= 4 is 0 Å². The van der Waals surface area contributed by atoms with Gasteiger partial charge in [-0.05, 0) is 18.6 Å². The molecule has 0 aliphatic rings. The van der Waals surface area contributed by atoms with E-state index in [1.807, 2.05) is 30.3 Å². The second-order valence-electron chi connectivity index (χ2n) is 4.08. The molecule has 0 aromatic heterocycles. The molecule has 0 bridgehead atoms. The predicted molar refractivity (Wildman–Crippen MR) is 73.1 cm³/mol.